The second-order valence-electron chi connectivity index (χ2n) is 3.67. The highest BCUT2D eigenvalue weighted by molar-refractivity contribution is 5.78. The first-order valence-electron chi connectivity index (χ1n) is 4.83. The molecule has 1 unspecified atom stereocenters. The lowest BCUT2D eigenvalue weighted by Crippen LogP contribution is -2.26. The molecular formula is C11H10FN3O. The van der Waals surface area contributed by atoms with E-state index >= 15 is 0 Å². The predicted molar refractivity (Wildman–Crippen MR) is 54.6 cm³/mol. The summed E-state index contributed by atoms with van der Waals surface area (Å²) >= 11 is 0. The lowest BCUT2D eigenvalue weighted by Gasteiger charge is -2.17. The zero-order valence-corrected chi connectivity index (χ0v) is 8.72. The van der Waals surface area contributed by atoms with Gasteiger partial charge in [-0.1, -0.05) is 12.1 Å². The molecule has 16 heavy (non-hydrogen) atoms. The van der Waals surface area contributed by atoms with Gasteiger partial charge in [-0.25, -0.2) is 14.1 Å². The van der Waals surface area contributed by atoms with Crippen LogP contribution in [0.5, 0.6) is 0 Å². The van der Waals surface area contributed by atoms with Gasteiger partial charge in [-0.15, -0.1) is 0 Å². The van der Waals surface area contributed by atoms with Gasteiger partial charge in [0.1, 0.15) is 5.82 Å². The molecule has 2 amide bonds. The normalized spacial score (nSPS) is 20.1. The van der Waals surface area contributed by atoms with Crippen molar-refractivity contribution in [3.8, 4) is 6.19 Å². The largest absolute Gasteiger partial charge is 0.333 e. The molecular weight excluding hydrogens is 209 g/mol. The number of halogens is 1. The Hall–Kier alpha value is -2.09. The molecule has 82 valence electrons. The Bertz CT molecular complexity index is 451. The fraction of sp³-hybridized carbons (Fsp3) is 0.273. The molecule has 1 saturated heterocycles. The maximum atomic E-state index is 12.7. The molecule has 1 aliphatic heterocycles. The van der Waals surface area contributed by atoms with Crippen LogP contribution in [0.4, 0.5) is 9.18 Å². The van der Waals surface area contributed by atoms with Crippen molar-refractivity contribution >= 4 is 6.03 Å². The Morgan fingerprint density at radius 1 is 1.44 bits per heavy atom. The van der Waals surface area contributed by atoms with Crippen molar-refractivity contribution in [2.75, 3.05) is 13.6 Å². The number of benzene rings is 1. The van der Waals surface area contributed by atoms with Crippen LogP contribution < -0.4 is 0 Å². The maximum Gasteiger partial charge on any atom is 0.333 e. The van der Waals surface area contributed by atoms with Crippen LogP contribution in [0.15, 0.2) is 24.3 Å². The molecule has 0 N–H and O–H groups in total. The van der Waals surface area contributed by atoms with E-state index in [1.54, 1.807) is 19.2 Å². The van der Waals surface area contributed by atoms with Gasteiger partial charge in [0, 0.05) is 7.05 Å². The Kier molecular flexibility index (Phi) is 2.49. The average molecular weight is 219 g/mol. The molecule has 2 rings (SSSR count). The molecule has 1 atom stereocenters. The van der Waals surface area contributed by atoms with Crippen LogP contribution in [0, 0.1) is 17.3 Å². The van der Waals surface area contributed by atoms with Crippen molar-refractivity contribution in [2.24, 2.45) is 0 Å². The van der Waals surface area contributed by atoms with Gasteiger partial charge in [-0.05, 0) is 17.7 Å². The standard InChI is InChI=1S/C11H10FN3O/c1-14-10(6-15(7-13)11(14)16)8-2-4-9(12)5-3-8/h2-5,10H,6H2,1H3. The zero-order chi connectivity index (χ0) is 11.7. The predicted octanol–water partition coefficient (Wildman–Crippen LogP) is 1.72. The maximum absolute atomic E-state index is 12.7. The number of amides is 2. The van der Waals surface area contributed by atoms with Gasteiger partial charge < -0.3 is 4.90 Å². The topological polar surface area (TPSA) is 47.3 Å². The molecule has 5 heteroatoms. The minimum Gasteiger partial charge on any atom is -0.318 e. The van der Waals surface area contributed by atoms with Crippen LogP contribution in [0.2, 0.25) is 0 Å². The summed E-state index contributed by atoms with van der Waals surface area (Å²) in [5, 5.41) is 8.73. The fourth-order valence-electron chi connectivity index (χ4n) is 1.79. The van der Waals surface area contributed by atoms with E-state index in [-0.39, 0.29) is 17.9 Å². The number of hydrogen-bond acceptors (Lipinski definition) is 2. The molecule has 1 aromatic carbocycles. The zero-order valence-electron chi connectivity index (χ0n) is 8.72. The van der Waals surface area contributed by atoms with Crippen molar-refractivity contribution in [1.82, 2.24) is 9.80 Å². The van der Waals surface area contributed by atoms with Gasteiger partial charge in [0.2, 0.25) is 0 Å². The first-order chi connectivity index (χ1) is 7.63. The van der Waals surface area contributed by atoms with E-state index in [0.29, 0.717) is 6.54 Å². The molecule has 0 aliphatic carbocycles. The first kappa shape index (κ1) is 10.4. The Morgan fingerprint density at radius 2 is 2.06 bits per heavy atom. The highest BCUT2D eigenvalue weighted by Crippen LogP contribution is 2.27. The number of carbonyl (C=O) groups is 1. The van der Waals surface area contributed by atoms with E-state index in [1.807, 2.05) is 6.19 Å². The van der Waals surface area contributed by atoms with Gasteiger partial charge in [0.15, 0.2) is 6.19 Å². The lowest BCUT2D eigenvalue weighted by molar-refractivity contribution is 0.205. The number of carbonyl (C=O) groups excluding carboxylic acids is 1. The number of rotatable bonds is 1. The molecule has 0 bridgehead atoms. The third kappa shape index (κ3) is 1.58. The number of nitriles is 1. The second kappa shape index (κ2) is 3.81. The average Bonchev–Trinajstić information content (AvgIpc) is 2.57. The fourth-order valence-corrected chi connectivity index (χ4v) is 1.79. The quantitative estimate of drug-likeness (QED) is 0.675. The summed E-state index contributed by atoms with van der Waals surface area (Å²) in [4.78, 5) is 14.1. The van der Waals surface area contributed by atoms with Crippen LogP contribution >= 0.6 is 0 Å². The van der Waals surface area contributed by atoms with E-state index in [1.165, 1.54) is 17.0 Å². The number of hydrogen-bond donors (Lipinski definition) is 0. The number of nitrogens with zero attached hydrogens (tertiary/aromatic N) is 3. The first-order valence-corrected chi connectivity index (χ1v) is 4.83. The van der Waals surface area contributed by atoms with E-state index in [0.717, 1.165) is 10.5 Å². The summed E-state index contributed by atoms with van der Waals surface area (Å²) in [5.74, 6) is -0.312. The molecule has 0 aromatic heterocycles. The summed E-state index contributed by atoms with van der Waals surface area (Å²) in [5.41, 5.74) is 0.829. The lowest BCUT2D eigenvalue weighted by atomic mass is 10.1. The molecule has 0 radical (unpaired) electrons. The van der Waals surface area contributed by atoms with E-state index < -0.39 is 0 Å². The van der Waals surface area contributed by atoms with Gasteiger partial charge in [0.05, 0.1) is 12.6 Å². The summed E-state index contributed by atoms with van der Waals surface area (Å²) in [7, 11) is 1.63. The molecule has 1 aliphatic rings. The van der Waals surface area contributed by atoms with Crippen molar-refractivity contribution in [1.29, 1.82) is 5.26 Å². The SMILES string of the molecule is CN1C(=O)N(C#N)CC1c1ccc(F)cc1. The summed E-state index contributed by atoms with van der Waals surface area (Å²) in [6, 6.07) is 5.45. The molecule has 4 nitrogen and oxygen atoms in total. The second-order valence-corrected chi connectivity index (χ2v) is 3.67. The van der Waals surface area contributed by atoms with E-state index in [4.69, 9.17) is 5.26 Å². The molecule has 0 saturated carbocycles. The highest BCUT2D eigenvalue weighted by atomic mass is 19.1. The van der Waals surface area contributed by atoms with Gasteiger partial charge in [-0.2, -0.15) is 5.26 Å². The van der Waals surface area contributed by atoms with Crippen molar-refractivity contribution in [2.45, 2.75) is 6.04 Å². The minimum atomic E-state index is -0.322. The Balaban J connectivity index is 2.27. The Morgan fingerprint density at radius 3 is 2.56 bits per heavy atom. The number of likely N-dealkylation sites (N-methyl/N-ethyl adjacent to an activating group) is 1. The van der Waals surface area contributed by atoms with Crippen LogP contribution in [0.1, 0.15) is 11.6 Å². The highest BCUT2D eigenvalue weighted by Gasteiger charge is 2.35. The third-order valence-electron chi connectivity index (χ3n) is 2.73. The van der Waals surface area contributed by atoms with Crippen LogP contribution in [-0.4, -0.2) is 29.4 Å². The van der Waals surface area contributed by atoms with Gasteiger partial charge in [0.25, 0.3) is 0 Å². The summed E-state index contributed by atoms with van der Waals surface area (Å²) < 4.78 is 12.7. The van der Waals surface area contributed by atoms with E-state index in [2.05, 4.69) is 0 Å². The Labute approximate surface area is 92.5 Å². The van der Waals surface area contributed by atoms with Crippen molar-refractivity contribution in [3.63, 3.8) is 0 Å². The molecule has 0 spiro atoms. The van der Waals surface area contributed by atoms with E-state index in [9.17, 15) is 9.18 Å². The molecule has 1 aromatic rings. The summed E-state index contributed by atoms with van der Waals surface area (Å²) in [6.45, 7) is 0.317. The smallest absolute Gasteiger partial charge is 0.318 e. The monoisotopic (exact) mass is 219 g/mol. The van der Waals surface area contributed by atoms with Crippen LogP contribution in [0.25, 0.3) is 0 Å². The number of urea groups is 1. The molecule has 1 heterocycles. The van der Waals surface area contributed by atoms with Gasteiger partial charge in [-0.3, -0.25) is 0 Å². The van der Waals surface area contributed by atoms with Gasteiger partial charge >= 0.3 is 6.03 Å². The van der Waals surface area contributed by atoms with Crippen molar-refractivity contribution < 1.29 is 9.18 Å². The van der Waals surface area contributed by atoms with Crippen molar-refractivity contribution in [3.05, 3.63) is 35.6 Å². The minimum absolute atomic E-state index is 0.187. The molecule has 1 fully saturated rings. The van der Waals surface area contributed by atoms with Crippen LogP contribution in [0.3, 0.4) is 0 Å². The van der Waals surface area contributed by atoms with Crippen LogP contribution in [-0.2, 0) is 0 Å². The third-order valence-corrected chi connectivity index (χ3v) is 2.73. The summed E-state index contributed by atoms with van der Waals surface area (Å²) in [6.07, 6.45) is 1.82.